The van der Waals surface area contributed by atoms with Crippen molar-refractivity contribution in [1.29, 1.82) is 0 Å². The molecule has 25 heavy (non-hydrogen) atoms. The lowest BCUT2D eigenvalue weighted by Crippen LogP contribution is -2.11. The summed E-state index contributed by atoms with van der Waals surface area (Å²) >= 11 is 5.98. The van der Waals surface area contributed by atoms with Gasteiger partial charge in [-0.25, -0.2) is 4.98 Å². The summed E-state index contributed by atoms with van der Waals surface area (Å²) in [6.45, 7) is 0. The Kier molecular flexibility index (Phi) is 3.91. The highest BCUT2D eigenvalue weighted by Crippen LogP contribution is 2.27. The van der Waals surface area contributed by atoms with E-state index in [9.17, 15) is 4.79 Å². The molecule has 0 saturated carbocycles. The molecule has 0 atom stereocenters. The highest BCUT2D eigenvalue weighted by atomic mass is 35.5. The third-order valence-corrected chi connectivity index (χ3v) is 3.88. The van der Waals surface area contributed by atoms with Crippen LogP contribution in [0.25, 0.3) is 22.6 Å². The zero-order valence-corrected chi connectivity index (χ0v) is 13.7. The first-order valence-electron chi connectivity index (χ1n) is 7.57. The number of carbonyl (C=O) groups is 1. The standard InChI is InChI=1S/C19H12ClN3O2/c20-14-6-7-17-16(10-14)23-19(25-17)12-3-1-5-15(9-12)22-18(24)13-4-2-8-21-11-13/h1-11H,(H,22,24). The molecule has 4 rings (SSSR count). The van der Waals surface area contributed by atoms with Crippen LogP contribution >= 0.6 is 11.6 Å². The molecule has 0 radical (unpaired) electrons. The summed E-state index contributed by atoms with van der Waals surface area (Å²) in [6, 6.07) is 16.0. The zero-order valence-electron chi connectivity index (χ0n) is 12.9. The number of halogens is 1. The summed E-state index contributed by atoms with van der Waals surface area (Å²) < 4.78 is 5.76. The third kappa shape index (κ3) is 3.22. The Balaban J connectivity index is 1.63. The van der Waals surface area contributed by atoms with E-state index in [1.54, 1.807) is 48.7 Å². The Bertz CT molecular complexity index is 1060. The van der Waals surface area contributed by atoms with Gasteiger partial charge in [0, 0.05) is 28.7 Å². The molecule has 4 aromatic rings. The molecular weight excluding hydrogens is 338 g/mol. The predicted octanol–water partition coefficient (Wildman–Crippen LogP) is 4.80. The van der Waals surface area contributed by atoms with E-state index in [1.165, 1.54) is 6.20 Å². The van der Waals surface area contributed by atoms with Crippen LogP contribution in [-0.2, 0) is 0 Å². The van der Waals surface area contributed by atoms with Crippen molar-refractivity contribution < 1.29 is 9.21 Å². The van der Waals surface area contributed by atoms with Gasteiger partial charge < -0.3 is 9.73 Å². The van der Waals surface area contributed by atoms with Crippen LogP contribution in [0.4, 0.5) is 5.69 Å². The van der Waals surface area contributed by atoms with Crippen LogP contribution in [0.15, 0.2) is 71.4 Å². The maximum absolute atomic E-state index is 12.2. The highest BCUT2D eigenvalue weighted by molar-refractivity contribution is 6.31. The number of pyridine rings is 1. The highest BCUT2D eigenvalue weighted by Gasteiger charge is 2.11. The number of amides is 1. The lowest BCUT2D eigenvalue weighted by Gasteiger charge is -2.06. The minimum atomic E-state index is -0.227. The number of benzene rings is 2. The molecule has 2 heterocycles. The van der Waals surface area contributed by atoms with Gasteiger partial charge in [-0.15, -0.1) is 0 Å². The number of anilines is 1. The van der Waals surface area contributed by atoms with Crippen LogP contribution in [0.3, 0.4) is 0 Å². The molecule has 0 aliphatic rings. The second kappa shape index (κ2) is 6.37. The zero-order chi connectivity index (χ0) is 17.2. The van der Waals surface area contributed by atoms with Crippen molar-refractivity contribution >= 4 is 34.3 Å². The largest absolute Gasteiger partial charge is 0.436 e. The molecule has 0 bridgehead atoms. The first kappa shape index (κ1) is 15.4. The average Bonchev–Trinajstić information content (AvgIpc) is 3.06. The van der Waals surface area contributed by atoms with Gasteiger partial charge in [-0.05, 0) is 48.5 Å². The molecule has 0 spiro atoms. The van der Waals surface area contributed by atoms with Crippen LogP contribution in [0.2, 0.25) is 5.02 Å². The fourth-order valence-corrected chi connectivity index (χ4v) is 2.62. The lowest BCUT2D eigenvalue weighted by atomic mass is 10.2. The van der Waals surface area contributed by atoms with Crippen molar-refractivity contribution in [3.63, 3.8) is 0 Å². The minimum absolute atomic E-state index is 0.227. The number of rotatable bonds is 3. The fourth-order valence-electron chi connectivity index (χ4n) is 2.45. The SMILES string of the molecule is O=C(Nc1cccc(-c2nc3cc(Cl)ccc3o2)c1)c1cccnc1. The van der Waals surface area contributed by atoms with E-state index >= 15 is 0 Å². The van der Waals surface area contributed by atoms with Crippen molar-refractivity contribution in [2.75, 3.05) is 5.32 Å². The normalized spacial score (nSPS) is 10.8. The van der Waals surface area contributed by atoms with Crippen molar-refractivity contribution in [3.05, 3.63) is 77.6 Å². The van der Waals surface area contributed by atoms with Gasteiger partial charge in [-0.3, -0.25) is 9.78 Å². The monoisotopic (exact) mass is 349 g/mol. The molecule has 0 saturated heterocycles. The summed E-state index contributed by atoms with van der Waals surface area (Å²) in [4.78, 5) is 20.6. The smallest absolute Gasteiger partial charge is 0.257 e. The molecule has 1 amide bonds. The van der Waals surface area contributed by atoms with Gasteiger partial charge in [-0.2, -0.15) is 0 Å². The Morgan fingerprint density at radius 3 is 2.84 bits per heavy atom. The molecular formula is C19H12ClN3O2. The molecule has 1 N–H and O–H groups in total. The average molecular weight is 350 g/mol. The summed E-state index contributed by atoms with van der Waals surface area (Å²) in [6.07, 6.45) is 3.14. The second-order valence-corrected chi connectivity index (χ2v) is 5.84. The molecule has 2 aromatic carbocycles. The van der Waals surface area contributed by atoms with Gasteiger partial charge in [0.2, 0.25) is 5.89 Å². The Hall–Kier alpha value is -3.18. The second-order valence-electron chi connectivity index (χ2n) is 5.41. The third-order valence-electron chi connectivity index (χ3n) is 3.64. The van der Waals surface area contributed by atoms with E-state index in [-0.39, 0.29) is 5.91 Å². The number of nitrogens with one attached hydrogen (secondary N) is 1. The van der Waals surface area contributed by atoms with Crippen LogP contribution in [-0.4, -0.2) is 15.9 Å². The van der Waals surface area contributed by atoms with Crippen molar-refractivity contribution in [1.82, 2.24) is 9.97 Å². The van der Waals surface area contributed by atoms with E-state index in [0.29, 0.717) is 33.3 Å². The Morgan fingerprint density at radius 1 is 1.08 bits per heavy atom. The van der Waals surface area contributed by atoms with Crippen LogP contribution < -0.4 is 5.32 Å². The summed E-state index contributed by atoms with van der Waals surface area (Å²) in [7, 11) is 0. The molecule has 2 aromatic heterocycles. The topological polar surface area (TPSA) is 68.0 Å². The van der Waals surface area contributed by atoms with Gasteiger partial charge in [0.15, 0.2) is 5.58 Å². The number of fused-ring (bicyclic) bond motifs is 1. The first-order chi connectivity index (χ1) is 12.2. The summed E-state index contributed by atoms with van der Waals surface area (Å²) in [5.41, 5.74) is 3.24. The fraction of sp³-hybridized carbons (Fsp3) is 0. The predicted molar refractivity (Wildman–Crippen MR) is 96.6 cm³/mol. The number of carbonyl (C=O) groups excluding carboxylic acids is 1. The van der Waals surface area contributed by atoms with Gasteiger partial charge in [-0.1, -0.05) is 17.7 Å². The van der Waals surface area contributed by atoms with Crippen LogP contribution in [0, 0.1) is 0 Å². The van der Waals surface area contributed by atoms with E-state index in [2.05, 4.69) is 15.3 Å². The Morgan fingerprint density at radius 2 is 2.00 bits per heavy atom. The van der Waals surface area contributed by atoms with E-state index in [0.717, 1.165) is 5.56 Å². The number of aromatic nitrogens is 2. The van der Waals surface area contributed by atoms with E-state index in [1.807, 2.05) is 12.1 Å². The maximum Gasteiger partial charge on any atom is 0.257 e. The van der Waals surface area contributed by atoms with Gasteiger partial charge in [0.1, 0.15) is 5.52 Å². The van der Waals surface area contributed by atoms with Gasteiger partial charge in [0.05, 0.1) is 5.56 Å². The first-order valence-corrected chi connectivity index (χ1v) is 7.95. The molecule has 6 heteroatoms. The maximum atomic E-state index is 12.2. The van der Waals surface area contributed by atoms with Crippen LogP contribution in [0.5, 0.6) is 0 Å². The van der Waals surface area contributed by atoms with Crippen molar-refractivity contribution in [2.45, 2.75) is 0 Å². The summed E-state index contributed by atoms with van der Waals surface area (Å²) in [5.74, 6) is 0.240. The molecule has 0 unspecified atom stereocenters. The minimum Gasteiger partial charge on any atom is -0.436 e. The van der Waals surface area contributed by atoms with E-state index < -0.39 is 0 Å². The number of oxazole rings is 1. The molecule has 0 aliphatic heterocycles. The van der Waals surface area contributed by atoms with Gasteiger partial charge >= 0.3 is 0 Å². The van der Waals surface area contributed by atoms with Crippen molar-refractivity contribution in [3.8, 4) is 11.5 Å². The molecule has 122 valence electrons. The number of hydrogen-bond donors (Lipinski definition) is 1. The van der Waals surface area contributed by atoms with E-state index in [4.69, 9.17) is 16.0 Å². The van der Waals surface area contributed by atoms with Crippen LogP contribution in [0.1, 0.15) is 10.4 Å². The quantitative estimate of drug-likeness (QED) is 0.577. The molecule has 0 aliphatic carbocycles. The molecule has 5 nitrogen and oxygen atoms in total. The lowest BCUT2D eigenvalue weighted by molar-refractivity contribution is 0.102. The van der Waals surface area contributed by atoms with Crippen molar-refractivity contribution in [2.24, 2.45) is 0 Å². The number of nitrogens with zero attached hydrogens (tertiary/aromatic N) is 2. The van der Waals surface area contributed by atoms with Gasteiger partial charge in [0.25, 0.3) is 5.91 Å². The molecule has 0 fully saturated rings. The number of hydrogen-bond acceptors (Lipinski definition) is 4. The Labute approximate surface area is 148 Å². The summed E-state index contributed by atoms with van der Waals surface area (Å²) in [5, 5.41) is 3.44.